The number of anilines is 1. The van der Waals surface area contributed by atoms with Crippen molar-refractivity contribution in [3.05, 3.63) is 42.2 Å². The zero-order chi connectivity index (χ0) is 13.1. The molecule has 8 nitrogen and oxygen atoms in total. The summed E-state index contributed by atoms with van der Waals surface area (Å²) < 4.78 is 1.64. The van der Waals surface area contributed by atoms with Crippen LogP contribution in [0.25, 0.3) is 5.95 Å². The van der Waals surface area contributed by atoms with E-state index in [1.165, 1.54) is 0 Å². The summed E-state index contributed by atoms with van der Waals surface area (Å²) in [5, 5.41) is 3.13. The average molecular weight is 277 g/mol. The molecule has 0 atom stereocenters. The van der Waals surface area contributed by atoms with Crippen LogP contribution in [0.2, 0.25) is 5.28 Å². The summed E-state index contributed by atoms with van der Waals surface area (Å²) in [5.74, 6) is 1.56. The predicted molar refractivity (Wildman–Crippen MR) is 67.9 cm³/mol. The van der Waals surface area contributed by atoms with Gasteiger partial charge in [0.1, 0.15) is 12.2 Å². The Morgan fingerprint density at radius 2 is 2.21 bits per heavy atom. The van der Waals surface area contributed by atoms with Crippen molar-refractivity contribution in [2.24, 2.45) is 0 Å². The Labute approximate surface area is 112 Å². The molecule has 0 aliphatic heterocycles. The number of rotatable bonds is 4. The van der Waals surface area contributed by atoms with Crippen molar-refractivity contribution in [2.45, 2.75) is 6.54 Å². The summed E-state index contributed by atoms with van der Waals surface area (Å²) in [6, 6.07) is 0. The molecular weight excluding hydrogens is 268 g/mol. The molecule has 0 unspecified atom stereocenters. The fraction of sp³-hybridized carbons (Fsp3) is 0.100. The third-order valence-electron chi connectivity index (χ3n) is 2.30. The van der Waals surface area contributed by atoms with Crippen LogP contribution in [0.15, 0.2) is 31.1 Å². The predicted octanol–water partition coefficient (Wildman–Crippen LogP) is 1.05. The van der Waals surface area contributed by atoms with Gasteiger partial charge in [-0.05, 0) is 11.6 Å². The molecule has 96 valence electrons. The van der Waals surface area contributed by atoms with Crippen LogP contribution in [0.3, 0.4) is 0 Å². The van der Waals surface area contributed by atoms with E-state index in [1.807, 2.05) is 0 Å². The van der Waals surface area contributed by atoms with E-state index < -0.39 is 0 Å². The summed E-state index contributed by atoms with van der Waals surface area (Å²) in [7, 11) is 0. The molecule has 0 fully saturated rings. The summed E-state index contributed by atoms with van der Waals surface area (Å²) >= 11 is 5.87. The van der Waals surface area contributed by atoms with Crippen molar-refractivity contribution in [1.82, 2.24) is 34.5 Å². The standard InChI is InChI=1S/C10H9ClN8/c11-8-16-9(15-5-7-13-1-2-14-7)18-10(17-8)19-4-3-12-6-19/h1-4,6H,5H2,(H,13,14)(H,15,16,17,18). The smallest absolute Gasteiger partial charge is 0.241 e. The van der Waals surface area contributed by atoms with Gasteiger partial charge in [0.15, 0.2) is 0 Å². The lowest BCUT2D eigenvalue weighted by molar-refractivity contribution is 0.880. The molecule has 0 saturated carbocycles. The Hall–Kier alpha value is -2.48. The van der Waals surface area contributed by atoms with Crippen LogP contribution in [-0.2, 0) is 6.54 Å². The minimum absolute atomic E-state index is 0.112. The van der Waals surface area contributed by atoms with Crippen molar-refractivity contribution < 1.29 is 0 Å². The Morgan fingerprint density at radius 1 is 1.26 bits per heavy atom. The number of halogens is 1. The highest BCUT2D eigenvalue weighted by molar-refractivity contribution is 6.28. The Morgan fingerprint density at radius 3 is 2.95 bits per heavy atom. The maximum absolute atomic E-state index is 5.87. The Bertz CT molecular complexity index is 648. The first-order valence-corrected chi connectivity index (χ1v) is 5.81. The number of aromatic amines is 1. The second-order valence-electron chi connectivity index (χ2n) is 3.59. The molecule has 2 N–H and O–H groups in total. The highest BCUT2D eigenvalue weighted by Crippen LogP contribution is 2.09. The van der Waals surface area contributed by atoms with Crippen LogP contribution in [0, 0.1) is 0 Å². The van der Waals surface area contributed by atoms with Gasteiger partial charge in [-0.1, -0.05) is 0 Å². The Balaban J connectivity index is 1.82. The minimum atomic E-state index is 0.112. The summed E-state index contributed by atoms with van der Waals surface area (Å²) in [6.45, 7) is 0.469. The number of nitrogens with one attached hydrogen (secondary N) is 2. The minimum Gasteiger partial charge on any atom is -0.347 e. The molecule has 0 aliphatic carbocycles. The summed E-state index contributed by atoms with van der Waals surface area (Å²) in [5.41, 5.74) is 0. The number of nitrogens with zero attached hydrogens (tertiary/aromatic N) is 6. The number of hydrogen-bond acceptors (Lipinski definition) is 6. The SMILES string of the molecule is Clc1nc(NCc2ncc[nH]2)nc(-n2ccnc2)n1. The molecule has 0 bridgehead atoms. The van der Waals surface area contributed by atoms with Crippen LogP contribution in [0.4, 0.5) is 5.95 Å². The van der Waals surface area contributed by atoms with Crippen molar-refractivity contribution in [1.29, 1.82) is 0 Å². The van der Waals surface area contributed by atoms with Crippen molar-refractivity contribution in [3.63, 3.8) is 0 Å². The van der Waals surface area contributed by atoms with Crippen LogP contribution >= 0.6 is 11.6 Å². The highest BCUT2D eigenvalue weighted by atomic mass is 35.5. The van der Waals surface area contributed by atoms with E-state index in [0.717, 1.165) is 5.82 Å². The molecule has 9 heteroatoms. The van der Waals surface area contributed by atoms with Gasteiger partial charge < -0.3 is 10.3 Å². The third-order valence-corrected chi connectivity index (χ3v) is 2.47. The van der Waals surface area contributed by atoms with E-state index in [4.69, 9.17) is 11.6 Å². The van der Waals surface area contributed by atoms with E-state index in [-0.39, 0.29) is 5.28 Å². The summed E-state index contributed by atoms with van der Waals surface area (Å²) in [4.78, 5) is 23.3. The van der Waals surface area contributed by atoms with Gasteiger partial charge in [0.25, 0.3) is 0 Å². The first-order valence-electron chi connectivity index (χ1n) is 5.43. The van der Waals surface area contributed by atoms with E-state index >= 15 is 0 Å². The van der Waals surface area contributed by atoms with Crippen LogP contribution in [-0.4, -0.2) is 34.5 Å². The van der Waals surface area contributed by atoms with Crippen molar-refractivity contribution in [3.8, 4) is 5.95 Å². The van der Waals surface area contributed by atoms with E-state index in [2.05, 4.69) is 35.2 Å². The Kier molecular flexibility index (Phi) is 3.07. The molecule has 3 heterocycles. The monoisotopic (exact) mass is 276 g/mol. The van der Waals surface area contributed by atoms with Crippen LogP contribution in [0.1, 0.15) is 5.82 Å². The van der Waals surface area contributed by atoms with Gasteiger partial charge in [0.05, 0.1) is 6.54 Å². The molecule has 3 aromatic rings. The molecule has 0 saturated heterocycles. The molecule has 0 amide bonds. The fourth-order valence-electron chi connectivity index (χ4n) is 1.47. The largest absolute Gasteiger partial charge is 0.347 e. The average Bonchev–Trinajstić information content (AvgIpc) is 3.09. The molecule has 0 spiro atoms. The van der Waals surface area contributed by atoms with Gasteiger partial charge in [-0.25, -0.2) is 9.97 Å². The third kappa shape index (κ3) is 2.68. The molecular formula is C10H9ClN8. The van der Waals surface area contributed by atoms with Gasteiger partial charge >= 0.3 is 0 Å². The maximum Gasteiger partial charge on any atom is 0.241 e. The van der Waals surface area contributed by atoms with Crippen molar-refractivity contribution >= 4 is 17.5 Å². The quantitative estimate of drug-likeness (QED) is 0.739. The molecule has 0 aromatic carbocycles. The van der Waals surface area contributed by atoms with Crippen molar-refractivity contribution in [2.75, 3.05) is 5.32 Å². The molecule has 3 rings (SSSR count). The molecule has 0 radical (unpaired) electrons. The van der Waals surface area contributed by atoms with Gasteiger partial charge in [-0.3, -0.25) is 4.57 Å². The zero-order valence-electron chi connectivity index (χ0n) is 9.66. The van der Waals surface area contributed by atoms with E-state index in [0.29, 0.717) is 18.4 Å². The van der Waals surface area contributed by atoms with Gasteiger partial charge in [0, 0.05) is 24.8 Å². The van der Waals surface area contributed by atoms with Gasteiger partial charge in [0.2, 0.25) is 17.2 Å². The lowest BCUT2D eigenvalue weighted by Gasteiger charge is -2.05. The van der Waals surface area contributed by atoms with Gasteiger partial charge in [-0.2, -0.15) is 15.0 Å². The highest BCUT2D eigenvalue weighted by Gasteiger charge is 2.06. The zero-order valence-corrected chi connectivity index (χ0v) is 10.4. The topological polar surface area (TPSA) is 97.2 Å². The lowest BCUT2D eigenvalue weighted by Crippen LogP contribution is -2.09. The van der Waals surface area contributed by atoms with E-state index in [9.17, 15) is 0 Å². The molecule has 19 heavy (non-hydrogen) atoms. The maximum atomic E-state index is 5.87. The molecule has 0 aliphatic rings. The van der Waals surface area contributed by atoms with E-state index in [1.54, 1.807) is 35.7 Å². The summed E-state index contributed by atoms with van der Waals surface area (Å²) in [6.07, 6.45) is 8.36. The second kappa shape index (κ2) is 5.02. The first kappa shape index (κ1) is 11.6. The number of aromatic nitrogens is 7. The fourth-order valence-corrected chi connectivity index (χ4v) is 1.62. The normalized spacial score (nSPS) is 10.6. The van der Waals surface area contributed by atoms with Crippen LogP contribution < -0.4 is 5.32 Å². The van der Waals surface area contributed by atoms with Crippen LogP contribution in [0.5, 0.6) is 0 Å². The lowest BCUT2D eigenvalue weighted by atomic mass is 10.6. The first-order chi connectivity index (χ1) is 9.31. The number of H-pyrrole nitrogens is 1. The van der Waals surface area contributed by atoms with Gasteiger partial charge in [-0.15, -0.1) is 0 Å². The number of hydrogen-bond donors (Lipinski definition) is 2. The second-order valence-corrected chi connectivity index (χ2v) is 3.93. The number of imidazole rings is 2. The molecule has 3 aromatic heterocycles.